The molecular weight excluding hydrogens is 321 g/mol. The maximum absolute atomic E-state index is 13.0. The highest BCUT2D eigenvalue weighted by molar-refractivity contribution is 7.11. The molecule has 1 aromatic heterocycles. The van der Waals surface area contributed by atoms with Gasteiger partial charge in [0.05, 0.1) is 24.4 Å². The minimum absolute atomic E-state index is 0.286. The molecule has 2 amide bonds. The van der Waals surface area contributed by atoms with E-state index in [0.29, 0.717) is 10.7 Å². The van der Waals surface area contributed by atoms with Crippen molar-refractivity contribution >= 4 is 28.5 Å². The highest BCUT2D eigenvalue weighted by Crippen LogP contribution is 2.25. The standard InChI is InChI=1S/C15H16FN3O3S/c1-8(10-4-6-11(16)7-5-10)17-13(20)12-9(2)19-23-14(12)18-15(21)22-3/h4-8H,1-3H3,(H,17,20)(H,18,21). The fraction of sp³-hybridized carbons (Fsp3) is 0.267. The fourth-order valence-electron chi connectivity index (χ4n) is 1.97. The van der Waals surface area contributed by atoms with Crippen LogP contribution < -0.4 is 10.6 Å². The number of nitrogens with zero attached hydrogens (tertiary/aromatic N) is 1. The van der Waals surface area contributed by atoms with Crippen LogP contribution in [0.4, 0.5) is 14.2 Å². The van der Waals surface area contributed by atoms with Crippen molar-refractivity contribution in [2.45, 2.75) is 19.9 Å². The molecule has 1 unspecified atom stereocenters. The lowest BCUT2D eigenvalue weighted by Crippen LogP contribution is -2.28. The molecule has 0 aliphatic rings. The second-order valence-corrected chi connectivity index (χ2v) is 5.61. The van der Waals surface area contributed by atoms with Gasteiger partial charge in [0.2, 0.25) is 0 Å². The lowest BCUT2D eigenvalue weighted by molar-refractivity contribution is 0.0940. The Morgan fingerprint density at radius 1 is 1.30 bits per heavy atom. The van der Waals surface area contributed by atoms with E-state index in [2.05, 4.69) is 19.7 Å². The number of methoxy groups -OCH3 is 1. The number of carbonyl (C=O) groups is 2. The van der Waals surface area contributed by atoms with Crippen molar-refractivity contribution in [3.63, 3.8) is 0 Å². The van der Waals surface area contributed by atoms with Crippen LogP contribution in [0, 0.1) is 12.7 Å². The van der Waals surface area contributed by atoms with E-state index >= 15 is 0 Å². The molecule has 0 fully saturated rings. The normalized spacial score (nSPS) is 11.7. The number of carbonyl (C=O) groups excluding carboxylic acids is 2. The third-order valence-electron chi connectivity index (χ3n) is 3.21. The lowest BCUT2D eigenvalue weighted by Gasteiger charge is -2.15. The van der Waals surface area contributed by atoms with Gasteiger partial charge in [0, 0.05) is 0 Å². The molecule has 0 aliphatic carbocycles. The molecule has 0 spiro atoms. The van der Waals surface area contributed by atoms with Gasteiger partial charge in [0.25, 0.3) is 5.91 Å². The number of aromatic nitrogens is 1. The van der Waals surface area contributed by atoms with Gasteiger partial charge in [0.1, 0.15) is 10.8 Å². The zero-order valence-corrected chi connectivity index (χ0v) is 13.7. The van der Waals surface area contributed by atoms with E-state index in [4.69, 9.17) is 0 Å². The van der Waals surface area contributed by atoms with Crippen LogP contribution >= 0.6 is 11.5 Å². The maximum Gasteiger partial charge on any atom is 0.412 e. The largest absolute Gasteiger partial charge is 0.453 e. The molecule has 1 atom stereocenters. The van der Waals surface area contributed by atoms with Gasteiger partial charge in [-0.2, -0.15) is 4.37 Å². The van der Waals surface area contributed by atoms with Gasteiger partial charge in [-0.15, -0.1) is 0 Å². The summed E-state index contributed by atoms with van der Waals surface area (Å²) in [6, 6.07) is 5.55. The molecule has 2 rings (SSSR count). The predicted molar refractivity (Wildman–Crippen MR) is 85.2 cm³/mol. The summed E-state index contributed by atoms with van der Waals surface area (Å²) in [5.41, 5.74) is 1.56. The zero-order valence-electron chi connectivity index (χ0n) is 12.8. The van der Waals surface area contributed by atoms with E-state index in [9.17, 15) is 14.0 Å². The first-order valence-electron chi connectivity index (χ1n) is 6.80. The van der Waals surface area contributed by atoms with Crippen LogP contribution in [-0.4, -0.2) is 23.5 Å². The minimum Gasteiger partial charge on any atom is -0.453 e. The van der Waals surface area contributed by atoms with Crippen molar-refractivity contribution in [2.24, 2.45) is 0 Å². The smallest absolute Gasteiger partial charge is 0.412 e. The van der Waals surface area contributed by atoms with Gasteiger partial charge in [-0.1, -0.05) is 12.1 Å². The number of halogens is 1. The van der Waals surface area contributed by atoms with E-state index in [-0.39, 0.29) is 23.3 Å². The van der Waals surface area contributed by atoms with Gasteiger partial charge in [-0.25, -0.2) is 9.18 Å². The first kappa shape index (κ1) is 16.9. The van der Waals surface area contributed by atoms with Gasteiger partial charge in [-0.05, 0) is 43.1 Å². The van der Waals surface area contributed by atoms with Gasteiger partial charge < -0.3 is 10.1 Å². The average molecular weight is 337 g/mol. The van der Waals surface area contributed by atoms with Crippen LogP contribution in [0.1, 0.15) is 34.6 Å². The number of anilines is 1. The summed E-state index contributed by atoms with van der Waals surface area (Å²) in [7, 11) is 1.24. The van der Waals surface area contributed by atoms with Crippen LogP contribution in [0.25, 0.3) is 0 Å². The topological polar surface area (TPSA) is 80.3 Å². The molecule has 0 bridgehead atoms. The third-order valence-corrected chi connectivity index (χ3v) is 4.06. The summed E-state index contributed by atoms with van der Waals surface area (Å²) in [4.78, 5) is 23.8. The number of aryl methyl sites for hydroxylation is 1. The van der Waals surface area contributed by atoms with Gasteiger partial charge >= 0.3 is 6.09 Å². The summed E-state index contributed by atoms with van der Waals surface area (Å²) in [6.45, 7) is 3.46. The van der Waals surface area contributed by atoms with E-state index in [0.717, 1.165) is 17.1 Å². The highest BCUT2D eigenvalue weighted by Gasteiger charge is 2.21. The Kier molecular flexibility index (Phi) is 5.28. The lowest BCUT2D eigenvalue weighted by atomic mass is 10.1. The number of hydrogen-bond acceptors (Lipinski definition) is 5. The fourth-order valence-corrected chi connectivity index (χ4v) is 2.75. The molecule has 23 heavy (non-hydrogen) atoms. The Labute approximate surface area is 136 Å². The van der Waals surface area contributed by atoms with Crippen molar-refractivity contribution < 1.29 is 18.7 Å². The van der Waals surface area contributed by atoms with Crippen LogP contribution in [0.15, 0.2) is 24.3 Å². The van der Waals surface area contributed by atoms with E-state index in [1.807, 2.05) is 0 Å². The Morgan fingerprint density at radius 2 is 1.96 bits per heavy atom. The number of benzene rings is 1. The molecule has 0 saturated heterocycles. The molecule has 0 aliphatic heterocycles. The zero-order chi connectivity index (χ0) is 17.0. The van der Waals surface area contributed by atoms with Gasteiger partial charge in [0.15, 0.2) is 0 Å². The predicted octanol–water partition coefficient (Wildman–Crippen LogP) is 3.26. The third kappa shape index (κ3) is 4.04. The van der Waals surface area contributed by atoms with Crippen molar-refractivity contribution in [3.8, 4) is 0 Å². The molecular formula is C15H16FN3O3S. The monoisotopic (exact) mass is 337 g/mol. The second kappa shape index (κ2) is 7.19. The van der Waals surface area contributed by atoms with Crippen LogP contribution in [0.3, 0.4) is 0 Å². The van der Waals surface area contributed by atoms with E-state index in [1.54, 1.807) is 26.0 Å². The molecule has 2 N–H and O–H groups in total. The summed E-state index contributed by atoms with van der Waals surface area (Å²) in [6.07, 6.45) is -0.672. The van der Waals surface area contributed by atoms with Crippen molar-refractivity contribution in [3.05, 3.63) is 46.9 Å². The first-order chi connectivity index (χ1) is 10.9. The minimum atomic E-state index is -0.672. The summed E-state index contributed by atoms with van der Waals surface area (Å²) in [5, 5.41) is 5.59. The van der Waals surface area contributed by atoms with Crippen LogP contribution in [0.5, 0.6) is 0 Å². The number of ether oxygens (including phenoxy) is 1. The van der Waals surface area contributed by atoms with Gasteiger partial charge in [-0.3, -0.25) is 10.1 Å². The molecule has 0 saturated carbocycles. The van der Waals surface area contributed by atoms with E-state index in [1.165, 1.54) is 19.2 Å². The second-order valence-electron chi connectivity index (χ2n) is 4.84. The molecule has 122 valence electrons. The van der Waals surface area contributed by atoms with Crippen LogP contribution in [-0.2, 0) is 4.74 Å². The number of rotatable bonds is 4. The quantitative estimate of drug-likeness (QED) is 0.897. The Morgan fingerprint density at radius 3 is 2.57 bits per heavy atom. The van der Waals surface area contributed by atoms with Crippen molar-refractivity contribution in [1.29, 1.82) is 0 Å². The van der Waals surface area contributed by atoms with E-state index < -0.39 is 6.09 Å². The Balaban J connectivity index is 2.15. The first-order valence-corrected chi connectivity index (χ1v) is 7.57. The Hall–Kier alpha value is -2.48. The number of hydrogen-bond donors (Lipinski definition) is 2. The number of nitrogens with one attached hydrogen (secondary N) is 2. The maximum atomic E-state index is 13.0. The van der Waals surface area contributed by atoms with Crippen molar-refractivity contribution in [1.82, 2.24) is 9.69 Å². The highest BCUT2D eigenvalue weighted by atomic mass is 32.1. The summed E-state index contributed by atoms with van der Waals surface area (Å²) >= 11 is 1.00. The Bertz CT molecular complexity index is 715. The molecule has 0 radical (unpaired) electrons. The molecule has 6 nitrogen and oxygen atoms in total. The molecule has 1 aromatic carbocycles. The van der Waals surface area contributed by atoms with Crippen LogP contribution in [0.2, 0.25) is 0 Å². The average Bonchev–Trinajstić information content (AvgIpc) is 2.88. The summed E-state index contributed by atoms with van der Waals surface area (Å²) < 4.78 is 21.5. The molecule has 8 heteroatoms. The summed E-state index contributed by atoms with van der Waals surface area (Å²) in [5.74, 6) is -0.714. The molecule has 1 heterocycles. The molecule has 2 aromatic rings. The van der Waals surface area contributed by atoms with Crippen molar-refractivity contribution in [2.75, 3.05) is 12.4 Å². The number of amides is 2. The SMILES string of the molecule is COC(=O)Nc1snc(C)c1C(=O)NC(C)c1ccc(F)cc1.